The SMILES string of the molecule is CCCCCCCCCCOc1ccc(N(C(N)=O)c2cc(C(=O)NCCSC)ccc2C)cc1. The molecule has 3 N–H and O–H groups in total. The van der Waals surface area contributed by atoms with E-state index in [1.54, 1.807) is 23.9 Å². The molecule has 0 bridgehead atoms. The van der Waals surface area contributed by atoms with Gasteiger partial charge >= 0.3 is 6.03 Å². The van der Waals surface area contributed by atoms with Crippen LogP contribution in [0.3, 0.4) is 0 Å². The van der Waals surface area contributed by atoms with Crippen molar-refractivity contribution in [2.24, 2.45) is 5.73 Å². The van der Waals surface area contributed by atoms with Crippen LogP contribution >= 0.6 is 11.8 Å². The highest BCUT2D eigenvalue weighted by Crippen LogP contribution is 2.30. The molecule has 2 rings (SSSR count). The lowest BCUT2D eigenvalue weighted by atomic mass is 10.1. The number of carbonyl (C=O) groups is 2. The first-order chi connectivity index (χ1) is 17.0. The van der Waals surface area contributed by atoms with Crippen LogP contribution in [0.25, 0.3) is 0 Å². The van der Waals surface area contributed by atoms with Gasteiger partial charge in [-0.3, -0.25) is 9.69 Å². The Balaban J connectivity index is 1.97. The lowest BCUT2D eigenvalue weighted by Crippen LogP contribution is -2.32. The van der Waals surface area contributed by atoms with E-state index in [4.69, 9.17) is 10.5 Å². The number of primary amides is 1. The Kier molecular flexibility index (Phi) is 13.1. The minimum atomic E-state index is -0.611. The second-order valence-corrected chi connectivity index (χ2v) is 9.73. The quantitative estimate of drug-likeness (QED) is 0.248. The van der Waals surface area contributed by atoms with E-state index in [1.165, 1.54) is 49.8 Å². The summed E-state index contributed by atoms with van der Waals surface area (Å²) in [6, 6.07) is 12.0. The van der Waals surface area contributed by atoms with Gasteiger partial charge in [-0.25, -0.2) is 4.79 Å². The summed E-state index contributed by atoms with van der Waals surface area (Å²) in [7, 11) is 0. The van der Waals surface area contributed by atoms with Crippen molar-refractivity contribution in [3.63, 3.8) is 0 Å². The van der Waals surface area contributed by atoms with Crippen LogP contribution < -0.4 is 20.7 Å². The number of anilines is 2. The summed E-state index contributed by atoms with van der Waals surface area (Å²) in [5.74, 6) is 1.43. The Morgan fingerprint density at radius 2 is 1.63 bits per heavy atom. The third-order valence-corrected chi connectivity index (χ3v) is 6.50. The Morgan fingerprint density at radius 3 is 2.26 bits per heavy atom. The van der Waals surface area contributed by atoms with Crippen LogP contribution in [0.2, 0.25) is 0 Å². The van der Waals surface area contributed by atoms with Gasteiger partial charge in [0.25, 0.3) is 5.91 Å². The van der Waals surface area contributed by atoms with Crippen molar-refractivity contribution in [3.05, 3.63) is 53.6 Å². The molecule has 0 fully saturated rings. The van der Waals surface area contributed by atoms with Crippen molar-refractivity contribution in [1.29, 1.82) is 0 Å². The van der Waals surface area contributed by atoms with Crippen molar-refractivity contribution in [1.82, 2.24) is 5.32 Å². The maximum absolute atomic E-state index is 12.5. The minimum absolute atomic E-state index is 0.172. The van der Waals surface area contributed by atoms with Gasteiger partial charge in [-0.1, -0.05) is 57.9 Å². The lowest BCUT2D eigenvalue weighted by Gasteiger charge is -2.23. The van der Waals surface area contributed by atoms with Gasteiger partial charge in [0.2, 0.25) is 0 Å². The molecule has 0 aromatic heterocycles. The number of urea groups is 1. The maximum atomic E-state index is 12.5. The highest BCUT2D eigenvalue weighted by Gasteiger charge is 2.19. The Labute approximate surface area is 215 Å². The molecule has 3 amide bonds. The maximum Gasteiger partial charge on any atom is 0.323 e. The van der Waals surface area contributed by atoms with Crippen molar-refractivity contribution in [3.8, 4) is 5.75 Å². The summed E-state index contributed by atoms with van der Waals surface area (Å²) in [6.45, 7) is 5.40. The molecule has 2 aromatic carbocycles. The minimum Gasteiger partial charge on any atom is -0.494 e. The van der Waals surface area contributed by atoms with Crippen LogP contribution in [0, 0.1) is 6.92 Å². The van der Waals surface area contributed by atoms with E-state index in [0.29, 0.717) is 30.1 Å². The molecule has 0 unspecified atom stereocenters. The molecule has 0 saturated heterocycles. The molecule has 0 atom stereocenters. The predicted octanol–water partition coefficient (Wildman–Crippen LogP) is 6.82. The summed E-state index contributed by atoms with van der Waals surface area (Å²) in [4.78, 5) is 26.3. The molecule has 0 saturated carbocycles. The average Bonchev–Trinajstić information content (AvgIpc) is 2.85. The molecule has 0 heterocycles. The zero-order chi connectivity index (χ0) is 25.5. The molecule has 0 spiro atoms. The van der Waals surface area contributed by atoms with Crippen LogP contribution in [0.4, 0.5) is 16.2 Å². The monoisotopic (exact) mass is 499 g/mol. The zero-order valence-electron chi connectivity index (χ0n) is 21.5. The second kappa shape index (κ2) is 16.1. The van der Waals surface area contributed by atoms with E-state index in [0.717, 1.165) is 23.5 Å². The first-order valence-corrected chi connectivity index (χ1v) is 14.1. The van der Waals surface area contributed by atoms with Gasteiger partial charge in [0.1, 0.15) is 5.75 Å². The molecule has 7 heteroatoms. The van der Waals surface area contributed by atoms with E-state index < -0.39 is 6.03 Å². The third-order valence-electron chi connectivity index (χ3n) is 5.89. The number of nitrogens with two attached hydrogens (primary N) is 1. The van der Waals surface area contributed by atoms with Crippen molar-refractivity contribution >= 4 is 35.1 Å². The summed E-state index contributed by atoms with van der Waals surface area (Å²) in [5, 5.41) is 2.89. The standard InChI is InChI=1S/C28H41N3O3S/c1-4-5-6-7-8-9-10-11-19-34-25-16-14-24(15-17-25)31(28(29)33)26-21-23(13-12-22(26)2)27(32)30-18-20-35-3/h12-17,21H,4-11,18-20H2,1-3H3,(H2,29,33)(H,30,32). The fourth-order valence-electron chi connectivity index (χ4n) is 3.86. The van der Waals surface area contributed by atoms with E-state index in [9.17, 15) is 9.59 Å². The van der Waals surface area contributed by atoms with Gasteiger partial charge in [0.15, 0.2) is 0 Å². The first-order valence-electron chi connectivity index (χ1n) is 12.7. The van der Waals surface area contributed by atoms with Crippen molar-refractivity contribution in [2.75, 3.05) is 30.1 Å². The number of aryl methyl sites for hydroxylation is 1. The average molecular weight is 500 g/mol. The van der Waals surface area contributed by atoms with E-state index in [-0.39, 0.29) is 5.91 Å². The van der Waals surface area contributed by atoms with Gasteiger partial charge < -0.3 is 15.8 Å². The number of hydrogen-bond donors (Lipinski definition) is 2. The molecular formula is C28H41N3O3S. The van der Waals surface area contributed by atoms with Crippen molar-refractivity contribution in [2.45, 2.75) is 65.2 Å². The molecule has 2 aromatic rings. The van der Waals surface area contributed by atoms with Crippen LogP contribution in [0.15, 0.2) is 42.5 Å². The van der Waals surface area contributed by atoms with E-state index >= 15 is 0 Å². The number of rotatable bonds is 16. The summed E-state index contributed by atoms with van der Waals surface area (Å²) >= 11 is 1.67. The van der Waals surface area contributed by atoms with Gasteiger partial charge in [-0.2, -0.15) is 11.8 Å². The van der Waals surface area contributed by atoms with Gasteiger partial charge in [-0.05, 0) is 61.6 Å². The molecule has 6 nitrogen and oxygen atoms in total. The van der Waals surface area contributed by atoms with Crippen molar-refractivity contribution < 1.29 is 14.3 Å². The number of benzene rings is 2. The topological polar surface area (TPSA) is 84.7 Å². The Bertz CT molecular complexity index is 918. The number of amides is 3. The first kappa shape index (κ1) is 28.6. The Morgan fingerprint density at radius 1 is 0.971 bits per heavy atom. The number of unbranched alkanes of at least 4 members (excludes halogenated alkanes) is 7. The largest absolute Gasteiger partial charge is 0.494 e. The number of nitrogens with zero attached hydrogens (tertiary/aromatic N) is 1. The fourth-order valence-corrected chi connectivity index (χ4v) is 4.17. The number of carbonyl (C=O) groups excluding carboxylic acids is 2. The normalized spacial score (nSPS) is 10.7. The highest BCUT2D eigenvalue weighted by atomic mass is 32.2. The third kappa shape index (κ3) is 9.84. The van der Waals surface area contributed by atoms with Gasteiger partial charge in [0, 0.05) is 17.9 Å². The van der Waals surface area contributed by atoms with Crippen LogP contribution in [-0.4, -0.2) is 37.1 Å². The van der Waals surface area contributed by atoms with Gasteiger partial charge in [-0.15, -0.1) is 0 Å². The van der Waals surface area contributed by atoms with Crippen LogP contribution in [-0.2, 0) is 0 Å². The number of nitrogens with one attached hydrogen (secondary N) is 1. The molecule has 0 aliphatic heterocycles. The van der Waals surface area contributed by atoms with E-state index in [1.807, 2.05) is 43.5 Å². The number of ether oxygens (including phenoxy) is 1. The molecular weight excluding hydrogens is 458 g/mol. The summed E-state index contributed by atoms with van der Waals surface area (Å²) in [5.41, 5.74) is 8.30. The summed E-state index contributed by atoms with van der Waals surface area (Å²) < 4.78 is 5.88. The highest BCUT2D eigenvalue weighted by molar-refractivity contribution is 7.98. The van der Waals surface area contributed by atoms with E-state index in [2.05, 4.69) is 12.2 Å². The number of thioether (sulfide) groups is 1. The lowest BCUT2D eigenvalue weighted by molar-refractivity contribution is 0.0956. The van der Waals surface area contributed by atoms with Crippen LogP contribution in [0.1, 0.15) is 74.2 Å². The second-order valence-electron chi connectivity index (χ2n) is 8.74. The van der Waals surface area contributed by atoms with Gasteiger partial charge in [0.05, 0.1) is 18.0 Å². The molecule has 35 heavy (non-hydrogen) atoms. The Hall–Kier alpha value is -2.67. The molecule has 192 valence electrons. The molecule has 0 aliphatic rings. The predicted molar refractivity (Wildman–Crippen MR) is 148 cm³/mol. The smallest absolute Gasteiger partial charge is 0.323 e. The summed E-state index contributed by atoms with van der Waals surface area (Å²) in [6.07, 6.45) is 12.1. The number of hydrogen-bond acceptors (Lipinski definition) is 4. The van der Waals surface area contributed by atoms with Crippen LogP contribution in [0.5, 0.6) is 5.75 Å². The molecule has 0 aliphatic carbocycles. The fraction of sp³-hybridized carbons (Fsp3) is 0.500. The zero-order valence-corrected chi connectivity index (χ0v) is 22.3. The molecule has 0 radical (unpaired) electrons.